The highest BCUT2D eigenvalue weighted by Gasteiger charge is 2.29. The molecule has 0 aliphatic carbocycles. The molecule has 2 aromatic carbocycles. The number of rotatable bonds is 1. The predicted molar refractivity (Wildman–Crippen MR) is 85.6 cm³/mol. The fraction of sp³-hybridized carbons (Fsp3) is 0.118. The van der Waals surface area contributed by atoms with E-state index in [9.17, 15) is 4.39 Å². The van der Waals surface area contributed by atoms with Crippen molar-refractivity contribution >= 4 is 17.3 Å². The Bertz CT molecular complexity index is 852. The SMILES string of the molecule is Cc1cc2n(n1)C(c1c(F)cccc1Cl)Nc1ccccc1-2. The third kappa shape index (κ3) is 1.91. The zero-order chi connectivity index (χ0) is 15.3. The van der Waals surface area contributed by atoms with Crippen molar-refractivity contribution in [3.05, 3.63) is 70.6 Å². The standard InChI is InChI=1S/C17H13ClFN3/c1-10-9-15-11-5-2-3-8-14(11)20-17(22(15)21-10)16-12(18)6-4-7-13(16)19/h2-9,17,20H,1H3. The molecule has 1 aromatic heterocycles. The lowest BCUT2D eigenvalue weighted by Crippen LogP contribution is -2.26. The van der Waals surface area contributed by atoms with Crippen LogP contribution >= 0.6 is 11.6 Å². The summed E-state index contributed by atoms with van der Waals surface area (Å²) in [5.41, 5.74) is 4.23. The van der Waals surface area contributed by atoms with Gasteiger partial charge in [-0.2, -0.15) is 5.10 Å². The molecular weight excluding hydrogens is 301 g/mol. The molecule has 2 heterocycles. The number of benzene rings is 2. The van der Waals surface area contributed by atoms with Crippen LogP contribution in [0.2, 0.25) is 5.02 Å². The van der Waals surface area contributed by atoms with E-state index in [1.807, 2.05) is 37.3 Å². The van der Waals surface area contributed by atoms with Crippen LogP contribution in [-0.4, -0.2) is 9.78 Å². The molecule has 1 unspecified atom stereocenters. The van der Waals surface area contributed by atoms with E-state index in [2.05, 4.69) is 10.4 Å². The van der Waals surface area contributed by atoms with Gasteiger partial charge < -0.3 is 5.32 Å². The first-order valence-electron chi connectivity index (χ1n) is 7.01. The second kappa shape index (κ2) is 4.85. The minimum atomic E-state index is -0.465. The normalized spacial score (nSPS) is 15.9. The van der Waals surface area contributed by atoms with Crippen LogP contribution in [0.1, 0.15) is 17.4 Å². The first-order chi connectivity index (χ1) is 10.6. The van der Waals surface area contributed by atoms with E-state index >= 15 is 0 Å². The Morgan fingerprint density at radius 3 is 2.82 bits per heavy atom. The van der Waals surface area contributed by atoms with Gasteiger partial charge in [0.1, 0.15) is 5.82 Å². The van der Waals surface area contributed by atoms with Crippen LogP contribution in [0.5, 0.6) is 0 Å². The number of hydrogen-bond acceptors (Lipinski definition) is 2. The number of aryl methyl sites for hydroxylation is 1. The maximum atomic E-state index is 14.3. The molecule has 0 radical (unpaired) electrons. The summed E-state index contributed by atoms with van der Waals surface area (Å²) in [5, 5.41) is 8.24. The van der Waals surface area contributed by atoms with E-state index in [0.29, 0.717) is 10.6 Å². The van der Waals surface area contributed by atoms with Crippen molar-refractivity contribution < 1.29 is 4.39 Å². The zero-order valence-electron chi connectivity index (χ0n) is 11.8. The lowest BCUT2D eigenvalue weighted by molar-refractivity contribution is 0.527. The van der Waals surface area contributed by atoms with Gasteiger partial charge in [0, 0.05) is 11.3 Å². The molecule has 1 N–H and O–H groups in total. The lowest BCUT2D eigenvalue weighted by atomic mass is 10.0. The monoisotopic (exact) mass is 313 g/mol. The first-order valence-corrected chi connectivity index (χ1v) is 7.39. The van der Waals surface area contributed by atoms with E-state index in [0.717, 1.165) is 22.6 Å². The first kappa shape index (κ1) is 13.3. The number of anilines is 1. The topological polar surface area (TPSA) is 29.9 Å². The Morgan fingerprint density at radius 2 is 2.00 bits per heavy atom. The molecule has 22 heavy (non-hydrogen) atoms. The molecule has 0 saturated heterocycles. The van der Waals surface area contributed by atoms with Crippen molar-refractivity contribution in [3.63, 3.8) is 0 Å². The van der Waals surface area contributed by atoms with E-state index in [1.54, 1.807) is 16.8 Å². The fourth-order valence-electron chi connectivity index (χ4n) is 2.92. The van der Waals surface area contributed by atoms with Gasteiger partial charge in [-0.05, 0) is 31.2 Å². The van der Waals surface area contributed by atoms with Crippen molar-refractivity contribution in [3.8, 4) is 11.3 Å². The zero-order valence-corrected chi connectivity index (χ0v) is 12.6. The number of nitrogens with zero attached hydrogens (tertiary/aromatic N) is 2. The number of fused-ring (bicyclic) bond motifs is 3. The van der Waals surface area contributed by atoms with Crippen molar-refractivity contribution in [1.29, 1.82) is 0 Å². The largest absolute Gasteiger partial charge is 0.359 e. The highest BCUT2D eigenvalue weighted by atomic mass is 35.5. The number of nitrogens with one attached hydrogen (secondary N) is 1. The third-order valence-electron chi connectivity index (χ3n) is 3.87. The molecule has 4 rings (SSSR count). The van der Waals surface area contributed by atoms with Gasteiger partial charge in [0.15, 0.2) is 6.17 Å². The molecule has 0 fully saturated rings. The maximum absolute atomic E-state index is 14.3. The van der Waals surface area contributed by atoms with Crippen LogP contribution in [0, 0.1) is 12.7 Å². The second-order valence-electron chi connectivity index (χ2n) is 5.34. The smallest absolute Gasteiger partial charge is 0.151 e. The minimum Gasteiger partial charge on any atom is -0.359 e. The molecule has 110 valence electrons. The molecule has 0 saturated carbocycles. The van der Waals surface area contributed by atoms with E-state index in [-0.39, 0.29) is 5.82 Å². The van der Waals surface area contributed by atoms with Crippen LogP contribution in [0.3, 0.4) is 0 Å². The molecule has 0 bridgehead atoms. The van der Waals surface area contributed by atoms with E-state index < -0.39 is 6.17 Å². The average Bonchev–Trinajstić information content (AvgIpc) is 2.89. The van der Waals surface area contributed by atoms with Gasteiger partial charge >= 0.3 is 0 Å². The third-order valence-corrected chi connectivity index (χ3v) is 4.20. The Balaban J connectivity index is 1.97. The minimum absolute atomic E-state index is 0.344. The summed E-state index contributed by atoms with van der Waals surface area (Å²) < 4.78 is 16.1. The molecule has 1 atom stereocenters. The summed E-state index contributed by atoms with van der Waals surface area (Å²) in [7, 11) is 0. The van der Waals surface area contributed by atoms with Crippen molar-refractivity contribution in [1.82, 2.24) is 9.78 Å². The molecule has 0 spiro atoms. The number of para-hydroxylation sites is 1. The van der Waals surface area contributed by atoms with Gasteiger partial charge in [-0.25, -0.2) is 9.07 Å². The lowest BCUT2D eigenvalue weighted by Gasteiger charge is -2.29. The number of aromatic nitrogens is 2. The second-order valence-corrected chi connectivity index (χ2v) is 5.75. The van der Waals surface area contributed by atoms with Crippen molar-refractivity contribution in [2.75, 3.05) is 5.32 Å². The van der Waals surface area contributed by atoms with Gasteiger partial charge in [-0.3, -0.25) is 0 Å². The highest BCUT2D eigenvalue weighted by molar-refractivity contribution is 6.31. The Kier molecular flexibility index (Phi) is 2.94. The molecule has 0 amide bonds. The number of hydrogen-bond donors (Lipinski definition) is 1. The van der Waals surface area contributed by atoms with Crippen LogP contribution in [0.15, 0.2) is 48.5 Å². The highest BCUT2D eigenvalue weighted by Crippen LogP contribution is 2.40. The predicted octanol–water partition coefficient (Wildman–Crippen LogP) is 4.62. The summed E-state index contributed by atoms with van der Waals surface area (Å²) in [6, 6.07) is 14.6. The average molecular weight is 314 g/mol. The summed E-state index contributed by atoms with van der Waals surface area (Å²) >= 11 is 6.24. The maximum Gasteiger partial charge on any atom is 0.151 e. The van der Waals surface area contributed by atoms with Crippen molar-refractivity contribution in [2.45, 2.75) is 13.1 Å². The van der Waals surface area contributed by atoms with E-state index in [1.165, 1.54) is 6.07 Å². The van der Waals surface area contributed by atoms with E-state index in [4.69, 9.17) is 11.6 Å². The van der Waals surface area contributed by atoms with Crippen LogP contribution < -0.4 is 5.32 Å². The van der Waals surface area contributed by atoms with Crippen LogP contribution in [0.25, 0.3) is 11.3 Å². The molecule has 3 nitrogen and oxygen atoms in total. The van der Waals surface area contributed by atoms with Gasteiger partial charge in [0.05, 0.1) is 22.0 Å². The number of halogens is 2. The quantitative estimate of drug-likeness (QED) is 0.710. The molecule has 5 heteroatoms. The summed E-state index contributed by atoms with van der Waals surface area (Å²) in [4.78, 5) is 0. The van der Waals surface area contributed by atoms with Gasteiger partial charge in [0.2, 0.25) is 0 Å². The fourth-order valence-corrected chi connectivity index (χ4v) is 3.19. The Hall–Kier alpha value is -2.33. The molecule has 3 aromatic rings. The van der Waals surface area contributed by atoms with Crippen LogP contribution in [-0.2, 0) is 0 Å². The van der Waals surface area contributed by atoms with Gasteiger partial charge in [-0.1, -0.05) is 35.9 Å². The van der Waals surface area contributed by atoms with Crippen molar-refractivity contribution in [2.24, 2.45) is 0 Å². The molecule has 1 aliphatic heterocycles. The van der Waals surface area contributed by atoms with Crippen LogP contribution in [0.4, 0.5) is 10.1 Å². The van der Waals surface area contributed by atoms with Gasteiger partial charge in [-0.15, -0.1) is 0 Å². The molecule has 1 aliphatic rings. The molecular formula is C17H13ClFN3. The summed E-state index contributed by atoms with van der Waals surface area (Å²) in [5.74, 6) is -0.344. The summed E-state index contributed by atoms with van der Waals surface area (Å²) in [6.45, 7) is 1.92. The summed E-state index contributed by atoms with van der Waals surface area (Å²) in [6.07, 6.45) is -0.465. The van der Waals surface area contributed by atoms with Gasteiger partial charge in [0.25, 0.3) is 0 Å². The Morgan fingerprint density at radius 1 is 1.18 bits per heavy atom. The Labute approximate surface area is 132 Å².